The van der Waals surface area contributed by atoms with E-state index in [4.69, 9.17) is 0 Å². The molecule has 5 heteroatoms. The van der Waals surface area contributed by atoms with E-state index in [1.54, 1.807) is 12.1 Å². The SMILES string of the molecule is Cc1ccccc1Cn1c(=O)[nH]c2cccc(C(=O)O)c21. The van der Waals surface area contributed by atoms with Crippen LogP contribution in [0.25, 0.3) is 11.0 Å². The zero-order chi connectivity index (χ0) is 15.0. The van der Waals surface area contributed by atoms with Crippen LogP contribution < -0.4 is 5.69 Å². The van der Waals surface area contributed by atoms with E-state index in [9.17, 15) is 14.7 Å². The Labute approximate surface area is 120 Å². The number of H-pyrrole nitrogens is 1. The number of carbonyl (C=O) groups is 1. The number of carboxylic acids is 1. The first kappa shape index (κ1) is 13.2. The topological polar surface area (TPSA) is 75.1 Å². The van der Waals surface area contributed by atoms with Crippen LogP contribution in [0.2, 0.25) is 0 Å². The highest BCUT2D eigenvalue weighted by Crippen LogP contribution is 2.18. The molecule has 21 heavy (non-hydrogen) atoms. The third-order valence-electron chi connectivity index (χ3n) is 3.61. The van der Waals surface area contributed by atoms with Gasteiger partial charge in [0.05, 0.1) is 23.1 Å². The number of nitrogens with zero attached hydrogens (tertiary/aromatic N) is 1. The summed E-state index contributed by atoms with van der Waals surface area (Å²) in [6.45, 7) is 2.31. The molecule has 0 atom stereocenters. The Morgan fingerprint density at radius 1 is 1.19 bits per heavy atom. The molecule has 0 unspecified atom stereocenters. The standard InChI is InChI=1S/C16H14N2O3/c1-10-5-2-3-6-11(10)9-18-14-12(15(19)20)7-4-8-13(14)17-16(18)21/h2-8H,9H2,1H3,(H,17,21)(H,19,20). The van der Waals surface area contributed by atoms with Crippen molar-refractivity contribution in [3.63, 3.8) is 0 Å². The van der Waals surface area contributed by atoms with Crippen molar-refractivity contribution in [2.45, 2.75) is 13.5 Å². The van der Waals surface area contributed by atoms with Crippen molar-refractivity contribution in [3.05, 3.63) is 69.6 Å². The molecule has 0 aliphatic carbocycles. The Kier molecular flexibility index (Phi) is 3.10. The lowest BCUT2D eigenvalue weighted by molar-refractivity contribution is 0.0698. The predicted molar refractivity (Wildman–Crippen MR) is 79.8 cm³/mol. The molecule has 2 N–H and O–H groups in total. The molecule has 0 aliphatic rings. The van der Waals surface area contributed by atoms with Gasteiger partial charge in [-0.1, -0.05) is 30.3 Å². The third kappa shape index (κ3) is 2.23. The zero-order valence-electron chi connectivity index (χ0n) is 11.5. The van der Waals surface area contributed by atoms with Crippen molar-refractivity contribution in [3.8, 4) is 0 Å². The summed E-state index contributed by atoms with van der Waals surface area (Å²) in [5.74, 6) is -1.04. The maximum atomic E-state index is 12.1. The van der Waals surface area contributed by atoms with Crippen LogP contribution in [0.3, 0.4) is 0 Å². The molecule has 0 radical (unpaired) electrons. The first-order chi connectivity index (χ1) is 10.1. The normalized spacial score (nSPS) is 10.9. The summed E-state index contributed by atoms with van der Waals surface area (Å²) >= 11 is 0. The lowest BCUT2D eigenvalue weighted by Crippen LogP contribution is -2.18. The van der Waals surface area contributed by atoms with E-state index in [2.05, 4.69) is 4.98 Å². The van der Waals surface area contributed by atoms with E-state index in [0.717, 1.165) is 11.1 Å². The molecule has 1 heterocycles. The Hall–Kier alpha value is -2.82. The fraction of sp³-hybridized carbons (Fsp3) is 0.125. The monoisotopic (exact) mass is 282 g/mol. The van der Waals surface area contributed by atoms with Crippen molar-refractivity contribution in [2.24, 2.45) is 0 Å². The molecule has 3 rings (SSSR count). The number of nitrogens with one attached hydrogen (secondary N) is 1. The van der Waals surface area contributed by atoms with Gasteiger partial charge in [-0.2, -0.15) is 0 Å². The lowest BCUT2D eigenvalue weighted by atomic mass is 10.1. The van der Waals surface area contributed by atoms with Crippen molar-refractivity contribution in [1.82, 2.24) is 9.55 Å². The van der Waals surface area contributed by atoms with Gasteiger partial charge in [0.15, 0.2) is 0 Å². The molecule has 2 aromatic carbocycles. The van der Waals surface area contributed by atoms with Gasteiger partial charge in [-0.3, -0.25) is 4.57 Å². The largest absolute Gasteiger partial charge is 0.478 e. The number of hydrogen-bond donors (Lipinski definition) is 2. The molecule has 0 saturated heterocycles. The van der Waals surface area contributed by atoms with E-state index in [0.29, 0.717) is 17.6 Å². The van der Waals surface area contributed by atoms with Crippen LogP contribution in [0, 0.1) is 6.92 Å². The highest BCUT2D eigenvalue weighted by atomic mass is 16.4. The maximum absolute atomic E-state index is 12.1. The first-order valence-electron chi connectivity index (χ1n) is 6.57. The molecule has 5 nitrogen and oxygen atoms in total. The van der Waals surface area contributed by atoms with Gasteiger partial charge >= 0.3 is 11.7 Å². The minimum Gasteiger partial charge on any atom is -0.478 e. The van der Waals surface area contributed by atoms with E-state index in [1.165, 1.54) is 10.6 Å². The molecular formula is C16H14N2O3. The van der Waals surface area contributed by atoms with E-state index < -0.39 is 5.97 Å². The van der Waals surface area contributed by atoms with Gasteiger partial charge in [0.1, 0.15) is 0 Å². The molecular weight excluding hydrogens is 268 g/mol. The number of carboxylic acid groups (broad SMARTS) is 1. The molecule has 106 valence electrons. The fourth-order valence-electron chi connectivity index (χ4n) is 2.50. The number of aromatic amines is 1. The number of hydrogen-bond acceptors (Lipinski definition) is 2. The second-order valence-electron chi connectivity index (χ2n) is 4.95. The third-order valence-corrected chi connectivity index (χ3v) is 3.61. The van der Waals surface area contributed by atoms with Crippen molar-refractivity contribution < 1.29 is 9.90 Å². The minimum atomic E-state index is -1.04. The summed E-state index contributed by atoms with van der Waals surface area (Å²) in [6, 6.07) is 12.6. The molecule has 0 spiro atoms. The Morgan fingerprint density at radius 2 is 1.95 bits per heavy atom. The van der Waals surface area contributed by atoms with Crippen molar-refractivity contribution in [2.75, 3.05) is 0 Å². The van der Waals surface area contributed by atoms with Crippen LogP contribution in [0.5, 0.6) is 0 Å². The smallest absolute Gasteiger partial charge is 0.337 e. The molecule has 3 aromatic rings. The molecule has 0 fully saturated rings. The molecule has 1 aromatic heterocycles. The summed E-state index contributed by atoms with van der Waals surface area (Å²) in [7, 11) is 0. The average molecular weight is 282 g/mol. The Morgan fingerprint density at radius 3 is 2.67 bits per heavy atom. The van der Waals surface area contributed by atoms with Crippen LogP contribution in [0.1, 0.15) is 21.5 Å². The zero-order valence-corrected chi connectivity index (χ0v) is 11.5. The molecule has 0 bridgehead atoms. The number of fused-ring (bicyclic) bond motifs is 1. The summed E-state index contributed by atoms with van der Waals surface area (Å²) in [5.41, 5.74) is 2.83. The minimum absolute atomic E-state index is 0.124. The van der Waals surface area contributed by atoms with Crippen LogP contribution in [0.4, 0.5) is 0 Å². The summed E-state index contributed by atoms with van der Waals surface area (Å²) < 4.78 is 1.47. The van der Waals surface area contributed by atoms with Gasteiger partial charge in [-0.05, 0) is 30.2 Å². The summed E-state index contributed by atoms with van der Waals surface area (Å²) in [5, 5.41) is 9.31. The second-order valence-corrected chi connectivity index (χ2v) is 4.95. The highest BCUT2D eigenvalue weighted by Gasteiger charge is 2.15. The maximum Gasteiger partial charge on any atom is 0.337 e. The predicted octanol–water partition coefficient (Wildman–Crippen LogP) is 2.38. The number of aromatic nitrogens is 2. The van der Waals surface area contributed by atoms with E-state index >= 15 is 0 Å². The molecule has 0 amide bonds. The van der Waals surface area contributed by atoms with Crippen molar-refractivity contribution >= 4 is 17.0 Å². The van der Waals surface area contributed by atoms with Gasteiger partial charge in [0.25, 0.3) is 0 Å². The van der Waals surface area contributed by atoms with E-state index in [-0.39, 0.29) is 11.3 Å². The van der Waals surface area contributed by atoms with Gasteiger partial charge in [0.2, 0.25) is 0 Å². The van der Waals surface area contributed by atoms with Gasteiger partial charge in [-0.15, -0.1) is 0 Å². The lowest BCUT2D eigenvalue weighted by Gasteiger charge is -2.08. The number of aromatic carboxylic acids is 1. The summed E-state index contributed by atoms with van der Waals surface area (Å²) in [4.78, 5) is 26.2. The average Bonchev–Trinajstić information content (AvgIpc) is 2.77. The second kappa shape index (κ2) is 4.94. The van der Waals surface area contributed by atoms with Crippen LogP contribution in [-0.2, 0) is 6.54 Å². The van der Waals surface area contributed by atoms with Crippen LogP contribution in [0.15, 0.2) is 47.3 Å². The Balaban J connectivity index is 2.23. The number of rotatable bonds is 3. The molecule has 0 saturated carbocycles. The number of imidazole rings is 1. The van der Waals surface area contributed by atoms with Crippen molar-refractivity contribution in [1.29, 1.82) is 0 Å². The number of para-hydroxylation sites is 1. The number of aryl methyl sites for hydroxylation is 1. The fourth-order valence-corrected chi connectivity index (χ4v) is 2.50. The Bertz CT molecular complexity index is 890. The summed E-state index contributed by atoms with van der Waals surface area (Å²) in [6.07, 6.45) is 0. The van der Waals surface area contributed by atoms with Crippen LogP contribution >= 0.6 is 0 Å². The first-order valence-corrected chi connectivity index (χ1v) is 6.57. The molecule has 0 aliphatic heterocycles. The van der Waals surface area contributed by atoms with Gasteiger partial charge < -0.3 is 10.1 Å². The van der Waals surface area contributed by atoms with Gasteiger partial charge in [0, 0.05) is 0 Å². The van der Waals surface area contributed by atoms with E-state index in [1.807, 2.05) is 31.2 Å². The van der Waals surface area contributed by atoms with Gasteiger partial charge in [-0.25, -0.2) is 9.59 Å². The number of benzene rings is 2. The van der Waals surface area contributed by atoms with Crippen LogP contribution in [-0.4, -0.2) is 20.6 Å². The quantitative estimate of drug-likeness (QED) is 0.774. The highest BCUT2D eigenvalue weighted by molar-refractivity contribution is 6.01.